The summed E-state index contributed by atoms with van der Waals surface area (Å²) in [5.41, 5.74) is 0.883. The lowest BCUT2D eigenvalue weighted by atomic mass is 10.1. The number of nitrogens with zero attached hydrogens (tertiary/aromatic N) is 3. The van der Waals surface area contributed by atoms with Gasteiger partial charge in [0.2, 0.25) is 0 Å². The van der Waals surface area contributed by atoms with Crippen molar-refractivity contribution in [3.8, 4) is 6.07 Å². The monoisotopic (exact) mass is 260 g/mol. The molecule has 6 nitrogen and oxygen atoms in total. The first-order chi connectivity index (χ1) is 9.22. The average Bonchev–Trinajstić information content (AvgIpc) is 2.45. The molecule has 19 heavy (non-hydrogen) atoms. The average molecular weight is 260 g/mol. The van der Waals surface area contributed by atoms with E-state index in [0.717, 1.165) is 18.7 Å². The molecule has 1 atom stereocenters. The minimum atomic E-state index is -0.352. The van der Waals surface area contributed by atoms with Crippen LogP contribution in [-0.4, -0.2) is 42.0 Å². The molecule has 1 heterocycles. The maximum absolute atomic E-state index is 10.9. The Kier molecular flexibility index (Phi) is 4.44. The van der Waals surface area contributed by atoms with E-state index in [9.17, 15) is 10.1 Å². The van der Waals surface area contributed by atoms with E-state index < -0.39 is 0 Å². The molecule has 0 aliphatic carbocycles. The second-order valence-electron chi connectivity index (χ2n) is 4.52. The fourth-order valence-electron chi connectivity index (χ4n) is 2.31. The fraction of sp³-hybridized carbons (Fsp3) is 0.462. The van der Waals surface area contributed by atoms with Gasteiger partial charge in [-0.15, -0.1) is 0 Å². The Morgan fingerprint density at radius 2 is 2.32 bits per heavy atom. The van der Waals surface area contributed by atoms with Crippen LogP contribution in [-0.2, 0) is 6.42 Å². The van der Waals surface area contributed by atoms with Gasteiger partial charge in [0.1, 0.15) is 6.04 Å². The molecule has 1 fully saturated rings. The van der Waals surface area contributed by atoms with E-state index in [4.69, 9.17) is 5.26 Å². The number of piperazine rings is 1. The van der Waals surface area contributed by atoms with Crippen LogP contribution in [0.5, 0.6) is 0 Å². The summed E-state index contributed by atoms with van der Waals surface area (Å²) < 4.78 is 0. The molecular weight excluding hydrogens is 244 g/mol. The topological polar surface area (TPSA) is 82.2 Å². The number of hydrogen-bond donors (Lipinski definition) is 1. The highest BCUT2D eigenvalue weighted by atomic mass is 16.6. The quantitative estimate of drug-likeness (QED) is 0.643. The zero-order chi connectivity index (χ0) is 13.7. The summed E-state index contributed by atoms with van der Waals surface area (Å²) in [6, 6.07) is 8.90. The number of nitrogens with one attached hydrogen (secondary N) is 1. The molecule has 0 radical (unpaired) electrons. The number of hydrogen-bond acceptors (Lipinski definition) is 5. The molecule has 100 valence electrons. The second-order valence-corrected chi connectivity index (χ2v) is 4.52. The van der Waals surface area contributed by atoms with Gasteiger partial charge in [-0.1, -0.05) is 18.2 Å². The number of nitro benzene ring substituents is 1. The molecule has 0 aromatic heterocycles. The lowest BCUT2D eigenvalue weighted by molar-refractivity contribution is -0.385. The van der Waals surface area contributed by atoms with Crippen LogP contribution in [0.15, 0.2) is 24.3 Å². The Balaban J connectivity index is 2.02. The van der Waals surface area contributed by atoms with Gasteiger partial charge in [-0.3, -0.25) is 15.0 Å². The third-order valence-corrected chi connectivity index (χ3v) is 3.36. The molecule has 1 aromatic rings. The predicted molar refractivity (Wildman–Crippen MR) is 70.6 cm³/mol. The van der Waals surface area contributed by atoms with E-state index in [-0.39, 0.29) is 16.7 Å². The van der Waals surface area contributed by atoms with Crippen molar-refractivity contribution < 1.29 is 4.92 Å². The summed E-state index contributed by atoms with van der Waals surface area (Å²) in [7, 11) is 0. The van der Waals surface area contributed by atoms with Crippen molar-refractivity contribution in [3.63, 3.8) is 0 Å². The Hall–Kier alpha value is -1.97. The maximum Gasteiger partial charge on any atom is 0.272 e. The van der Waals surface area contributed by atoms with Crippen LogP contribution in [0.25, 0.3) is 0 Å². The number of benzene rings is 1. The van der Waals surface area contributed by atoms with E-state index >= 15 is 0 Å². The van der Waals surface area contributed by atoms with E-state index in [1.807, 2.05) is 6.07 Å². The van der Waals surface area contributed by atoms with Crippen LogP contribution < -0.4 is 5.32 Å². The SMILES string of the molecule is N#CC1CNCCN1CCc1ccccc1[N+](=O)[O-]. The van der Waals surface area contributed by atoms with E-state index in [2.05, 4.69) is 16.3 Å². The summed E-state index contributed by atoms with van der Waals surface area (Å²) in [5, 5.41) is 23.2. The Labute approximate surface area is 111 Å². The van der Waals surface area contributed by atoms with Gasteiger partial charge in [0.25, 0.3) is 5.69 Å². The summed E-state index contributed by atoms with van der Waals surface area (Å²) in [6.07, 6.45) is 0.593. The van der Waals surface area contributed by atoms with Gasteiger partial charge in [0.05, 0.1) is 11.0 Å². The Morgan fingerprint density at radius 3 is 3.05 bits per heavy atom. The van der Waals surface area contributed by atoms with Crippen molar-refractivity contribution >= 4 is 5.69 Å². The van der Waals surface area contributed by atoms with Crippen LogP contribution >= 0.6 is 0 Å². The summed E-state index contributed by atoms with van der Waals surface area (Å²) in [4.78, 5) is 12.6. The largest absolute Gasteiger partial charge is 0.313 e. The van der Waals surface area contributed by atoms with Gasteiger partial charge in [-0.2, -0.15) is 5.26 Å². The molecule has 0 amide bonds. The molecule has 1 aliphatic rings. The van der Waals surface area contributed by atoms with Gasteiger partial charge >= 0.3 is 0 Å². The van der Waals surface area contributed by atoms with E-state index in [1.54, 1.807) is 12.1 Å². The van der Waals surface area contributed by atoms with Gasteiger partial charge < -0.3 is 5.32 Å². The van der Waals surface area contributed by atoms with Crippen molar-refractivity contribution in [3.05, 3.63) is 39.9 Å². The number of nitriles is 1. The highest BCUT2D eigenvalue weighted by molar-refractivity contribution is 5.39. The maximum atomic E-state index is 10.9. The van der Waals surface area contributed by atoms with Gasteiger partial charge in [-0.05, 0) is 6.42 Å². The molecule has 0 spiro atoms. The third-order valence-electron chi connectivity index (χ3n) is 3.36. The Morgan fingerprint density at radius 1 is 1.53 bits per heavy atom. The summed E-state index contributed by atoms with van der Waals surface area (Å²) >= 11 is 0. The lowest BCUT2D eigenvalue weighted by Gasteiger charge is -2.31. The Bertz CT molecular complexity index is 498. The minimum Gasteiger partial charge on any atom is -0.313 e. The zero-order valence-corrected chi connectivity index (χ0v) is 10.6. The van der Waals surface area contributed by atoms with E-state index in [0.29, 0.717) is 19.5 Å². The van der Waals surface area contributed by atoms with Gasteiger partial charge in [0, 0.05) is 37.8 Å². The standard InChI is InChI=1S/C13H16N4O2/c14-9-12-10-15-6-8-16(12)7-5-11-3-1-2-4-13(11)17(18)19/h1-4,12,15H,5-8,10H2. The first-order valence-corrected chi connectivity index (χ1v) is 6.29. The van der Waals surface area contributed by atoms with Crippen LogP contribution in [0.4, 0.5) is 5.69 Å². The van der Waals surface area contributed by atoms with Crippen molar-refractivity contribution in [2.24, 2.45) is 0 Å². The van der Waals surface area contributed by atoms with Crippen molar-refractivity contribution in [2.45, 2.75) is 12.5 Å². The number of para-hydroxylation sites is 1. The molecule has 6 heteroatoms. The normalized spacial score (nSPS) is 19.8. The van der Waals surface area contributed by atoms with Crippen LogP contribution in [0, 0.1) is 21.4 Å². The molecule has 1 saturated heterocycles. The van der Waals surface area contributed by atoms with Crippen molar-refractivity contribution in [2.75, 3.05) is 26.2 Å². The highest BCUT2D eigenvalue weighted by Gasteiger charge is 2.22. The molecule has 2 rings (SSSR count). The second kappa shape index (κ2) is 6.27. The minimum absolute atomic E-state index is 0.142. The molecule has 1 aliphatic heterocycles. The molecule has 1 N–H and O–H groups in total. The summed E-state index contributed by atoms with van der Waals surface area (Å²) in [6.45, 7) is 2.99. The van der Waals surface area contributed by atoms with Gasteiger partial charge in [0.15, 0.2) is 0 Å². The highest BCUT2D eigenvalue weighted by Crippen LogP contribution is 2.18. The summed E-state index contributed by atoms with van der Waals surface area (Å²) in [5.74, 6) is 0. The smallest absolute Gasteiger partial charge is 0.272 e. The third kappa shape index (κ3) is 3.28. The van der Waals surface area contributed by atoms with Crippen LogP contribution in [0.1, 0.15) is 5.56 Å². The first kappa shape index (κ1) is 13.5. The van der Waals surface area contributed by atoms with Crippen molar-refractivity contribution in [1.82, 2.24) is 10.2 Å². The molecule has 0 saturated carbocycles. The first-order valence-electron chi connectivity index (χ1n) is 6.29. The molecule has 1 unspecified atom stereocenters. The molecular formula is C13H16N4O2. The molecule has 1 aromatic carbocycles. The fourth-order valence-corrected chi connectivity index (χ4v) is 2.31. The number of nitro groups is 1. The van der Waals surface area contributed by atoms with Crippen LogP contribution in [0.2, 0.25) is 0 Å². The van der Waals surface area contributed by atoms with Crippen LogP contribution in [0.3, 0.4) is 0 Å². The number of rotatable bonds is 4. The van der Waals surface area contributed by atoms with Crippen molar-refractivity contribution in [1.29, 1.82) is 5.26 Å². The van der Waals surface area contributed by atoms with Gasteiger partial charge in [-0.25, -0.2) is 0 Å². The van der Waals surface area contributed by atoms with E-state index in [1.165, 1.54) is 6.07 Å². The zero-order valence-electron chi connectivity index (χ0n) is 10.6. The predicted octanol–water partition coefficient (Wildman–Crippen LogP) is 0.935. The lowest BCUT2D eigenvalue weighted by Crippen LogP contribution is -2.51. The molecule has 0 bridgehead atoms.